The lowest BCUT2D eigenvalue weighted by Gasteiger charge is -2.12. The predicted octanol–water partition coefficient (Wildman–Crippen LogP) is 1.59. The van der Waals surface area contributed by atoms with Gasteiger partial charge in [0.05, 0.1) is 11.9 Å². The molecule has 0 amide bonds. The lowest BCUT2D eigenvalue weighted by Crippen LogP contribution is -2.32. The highest BCUT2D eigenvalue weighted by Crippen LogP contribution is 2.13. The second kappa shape index (κ2) is 5.82. The first-order chi connectivity index (χ1) is 8.57. The molecule has 0 unspecified atom stereocenters. The molecule has 1 aliphatic rings. The maximum atomic E-state index is 11.9. The van der Waals surface area contributed by atoms with E-state index in [4.69, 9.17) is 4.74 Å². The van der Waals surface area contributed by atoms with E-state index >= 15 is 0 Å². The molecule has 4 nitrogen and oxygen atoms in total. The summed E-state index contributed by atoms with van der Waals surface area (Å²) in [6.45, 7) is 3.04. The second-order valence-electron chi connectivity index (χ2n) is 4.67. The molecule has 1 aliphatic heterocycles. The van der Waals surface area contributed by atoms with E-state index < -0.39 is 10.0 Å². The van der Waals surface area contributed by atoms with Gasteiger partial charge in [-0.2, -0.15) is 0 Å². The molecule has 18 heavy (non-hydrogen) atoms. The minimum Gasteiger partial charge on any atom is -0.377 e. The van der Waals surface area contributed by atoms with Gasteiger partial charge in [-0.3, -0.25) is 0 Å². The Balaban J connectivity index is 1.92. The highest BCUT2D eigenvalue weighted by Gasteiger charge is 2.19. The Hall–Kier alpha value is -0.910. The maximum Gasteiger partial charge on any atom is 0.215 e. The quantitative estimate of drug-likeness (QED) is 0.883. The maximum absolute atomic E-state index is 11.9. The molecule has 1 aromatic rings. The normalized spacial score (nSPS) is 20.2. The number of rotatable bonds is 5. The van der Waals surface area contributed by atoms with E-state index in [9.17, 15) is 8.42 Å². The first-order valence-corrected chi connectivity index (χ1v) is 7.85. The van der Waals surface area contributed by atoms with Crippen molar-refractivity contribution in [1.82, 2.24) is 4.72 Å². The summed E-state index contributed by atoms with van der Waals surface area (Å²) in [4.78, 5) is 0. The van der Waals surface area contributed by atoms with Crippen LogP contribution in [0.3, 0.4) is 0 Å². The summed E-state index contributed by atoms with van der Waals surface area (Å²) in [7, 11) is -3.27. The van der Waals surface area contributed by atoms with Crippen LogP contribution < -0.4 is 4.72 Å². The number of hydrogen-bond acceptors (Lipinski definition) is 3. The largest absolute Gasteiger partial charge is 0.377 e. The van der Waals surface area contributed by atoms with Crippen LogP contribution in [0.4, 0.5) is 0 Å². The summed E-state index contributed by atoms with van der Waals surface area (Å²) < 4.78 is 31.9. The summed E-state index contributed by atoms with van der Waals surface area (Å²) in [6.07, 6.45) is 1.99. The minimum absolute atomic E-state index is 0.0341. The van der Waals surface area contributed by atoms with Crippen molar-refractivity contribution in [3.8, 4) is 0 Å². The molecule has 1 atom stereocenters. The van der Waals surface area contributed by atoms with Crippen LogP contribution in [0.1, 0.15) is 24.0 Å². The van der Waals surface area contributed by atoms with Crippen LogP contribution in [0, 0.1) is 6.92 Å². The van der Waals surface area contributed by atoms with Crippen LogP contribution in [0.25, 0.3) is 0 Å². The first-order valence-electron chi connectivity index (χ1n) is 6.20. The molecule has 0 bridgehead atoms. The first kappa shape index (κ1) is 13.5. The summed E-state index contributed by atoms with van der Waals surface area (Å²) in [6, 6.07) is 7.54. The van der Waals surface area contributed by atoms with E-state index in [2.05, 4.69) is 4.72 Å². The van der Waals surface area contributed by atoms with Crippen LogP contribution >= 0.6 is 0 Å². The molecule has 0 saturated carbocycles. The van der Waals surface area contributed by atoms with Gasteiger partial charge in [-0.1, -0.05) is 24.3 Å². The summed E-state index contributed by atoms with van der Waals surface area (Å²) in [5, 5.41) is 0. The second-order valence-corrected chi connectivity index (χ2v) is 6.48. The Morgan fingerprint density at radius 3 is 2.83 bits per heavy atom. The summed E-state index contributed by atoms with van der Waals surface area (Å²) >= 11 is 0. The molecule has 0 aliphatic carbocycles. The molecule has 0 aromatic heterocycles. The lowest BCUT2D eigenvalue weighted by atomic mass is 10.1. The van der Waals surface area contributed by atoms with Crippen LogP contribution in [0.15, 0.2) is 24.3 Å². The molecule has 1 saturated heterocycles. The van der Waals surface area contributed by atoms with Gasteiger partial charge in [0.15, 0.2) is 0 Å². The topological polar surface area (TPSA) is 55.4 Å². The fourth-order valence-corrected chi connectivity index (χ4v) is 3.33. The van der Waals surface area contributed by atoms with Crippen molar-refractivity contribution in [1.29, 1.82) is 0 Å². The van der Waals surface area contributed by atoms with Crippen molar-refractivity contribution in [2.45, 2.75) is 31.6 Å². The molecular weight excluding hydrogens is 250 g/mol. The fourth-order valence-electron chi connectivity index (χ4n) is 2.05. The van der Waals surface area contributed by atoms with E-state index in [0.29, 0.717) is 6.54 Å². The third-order valence-electron chi connectivity index (χ3n) is 3.16. The van der Waals surface area contributed by atoms with Crippen molar-refractivity contribution in [3.63, 3.8) is 0 Å². The van der Waals surface area contributed by atoms with E-state index in [-0.39, 0.29) is 11.9 Å². The molecule has 1 heterocycles. The van der Waals surface area contributed by atoms with Crippen LogP contribution in [0.5, 0.6) is 0 Å². The zero-order chi connectivity index (χ0) is 13.0. The van der Waals surface area contributed by atoms with E-state index in [1.165, 1.54) is 0 Å². The standard InChI is InChI=1S/C13H19NO3S/c1-11-5-2-3-6-12(11)10-18(15,16)14-9-13-7-4-8-17-13/h2-3,5-6,13-14H,4,7-10H2,1H3/t13-/m0/s1. The van der Waals surface area contributed by atoms with Crippen LogP contribution in [-0.4, -0.2) is 27.7 Å². The van der Waals surface area contributed by atoms with E-state index in [0.717, 1.165) is 30.6 Å². The number of sulfonamides is 1. The van der Waals surface area contributed by atoms with Gasteiger partial charge in [-0.05, 0) is 30.9 Å². The smallest absolute Gasteiger partial charge is 0.215 e. The number of nitrogens with one attached hydrogen (secondary N) is 1. The van der Waals surface area contributed by atoms with Crippen molar-refractivity contribution in [2.75, 3.05) is 13.2 Å². The molecular formula is C13H19NO3S. The third kappa shape index (κ3) is 3.80. The van der Waals surface area contributed by atoms with Gasteiger partial charge in [0, 0.05) is 13.2 Å². The number of hydrogen-bond donors (Lipinski definition) is 1. The van der Waals surface area contributed by atoms with Gasteiger partial charge in [0.2, 0.25) is 10.0 Å². The van der Waals surface area contributed by atoms with Crippen LogP contribution in [-0.2, 0) is 20.5 Å². The zero-order valence-corrected chi connectivity index (χ0v) is 11.4. The summed E-state index contributed by atoms with van der Waals surface area (Å²) in [5.41, 5.74) is 1.84. The number of ether oxygens (including phenoxy) is 1. The van der Waals surface area contributed by atoms with Gasteiger partial charge in [0.1, 0.15) is 0 Å². The van der Waals surface area contributed by atoms with Gasteiger partial charge in [-0.15, -0.1) is 0 Å². The Morgan fingerprint density at radius 1 is 1.39 bits per heavy atom. The Bertz CT molecular complexity index is 493. The number of aryl methyl sites for hydroxylation is 1. The van der Waals surface area contributed by atoms with E-state index in [1.807, 2.05) is 31.2 Å². The lowest BCUT2D eigenvalue weighted by molar-refractivity contribution is 0.114. The van der Waals surface area contributed by atoms with Gasteiger partial charge in [0.25, 0.3) is 0 Å². The molecule has 0 radical (unpaired) electrons. The predicted molar refractivity (Wildman–Crippen MR) is 70.8 cm³/mol. The summed E-state index contributed by atoms with van der Waals surface area (Å²) in [5.74, 6) is 0.0341. The zero-order valence-electron chi connectivity index (χ0n) is 10.6. The van der Waals surface area contributed by atoms with Gasteiger partial charge in [-0.25, -0.2) is 13.1 Å². The average molecular weight is 269 g/mol. The van der Waals surface area contributed by atoms with Gasteiger partial charge >= 0.3 is 0 Å². The Kier molecular flexibility index (Phi) is 4.37. The Morgan fingerprint density at radius 2 is 2.17 bits per heavy atom. The van der Waals surface area contributed by atoms with Crippen molar-refractivity contribution in [2.24, 2.45) is 0 Å². The highest BCUT2D eigenvalue weighted by molar-refractivity contribution is 7.88. The van der Waals surface area contributed by atoms with Crippen molar-refractivity contribution < 1.29 is 13.2 Å². The minimum atomic E-state index is -3.27. The molecule has 1 fully saturated rings. The van der Waals surface area contributed by atoms with E-state index in [1.54, 1.807) is 0 Å². The molecule has 1 N–H and O–H groups in total. The molecule has 1 aromatic carbocycles. The average Bonchev–Trinajstić information content (AvgIpc) is 2.83. The molecule has 2 rings (SSSR count). The molecule has 5 heteroatoms. The monoisotopic (exact) mass is 269 g/mol. The van der Waals surface area contributed by atoms with Crippen molar-refractivity contribution in [3.05, 3.63) is 35.4 Å². The number of benzene rings is 1. The third-order valence-corrected chi connectivity index (χ3v) is 4.46. The highest BCUT2D eigenvalue weighted by atomic mass is 32.2. The molecule has 100 valence electrons. The van der Waals surface area contributed by atoms with Crippen molar-refractivity contribution >= 4 is 10.0 Å². The van der Waals surface area contributed by atoms with Crippen LogP contribution in [0.2, 0.25) is 0 Å². The SMILES string of the molecule is Cc1ccccc1CS(=O)(=O)NC[C@@H]1CCCO1. The Labute approximate surface area is 108 Å². The fraction of sp³-hybridized carbons (Fsp3) is 0.538. The van der Waals surface area contributed by atoms with Gasteiger partial charge < -0.3 is 4.74 Å². The molecule has 0 spiro atoms.